The van der Waals surface area contributed by atoms with Gasteiger partial charge < -0.3 is 25.0 Å². The third kappa shape index (κ3) is 9.76. The lowest BCUT2D eigenvalue weighted by molar-refractivity contribution is -0.127. The van der Waals surface area contributed by atoms with E-state index in [9.17, 15) is 4.79 Å². The van der Waals surface area contributed by atoms with Gasteiger partial charge in [-0.15, -0.1) is 24.0 Å². The molecule has 0 aliphatic rings. The van der Waals surface area contributed by atoms with E-state index in [2.05, 4.69) is 21.7 Å². The van der Waals surface area contributed by atoms with Gasteiger partial charge in [-0.25, -0.2) is 4.99 Å². The Labute approximate surface area is 208 Å². The monoisotopic (exact) mass is 554 g/mol. The summed E-state index contributed by atoms with van der Waals surface area (Å²) in [4.78, 5) is 18.1. The Kier molecular flexibility index (Phi) is 13.2. The maximum absolute atomic E-state index is 11.9. The molecular formula is C24H35IN4O3. The topological polar surface area (TPSA) is 75.2 Å². The first-order valence-electron chi connectivity index (χ1n) is 10.6. The number of aliphatic imine (C=N–C) groups is 1. The van der Waals surface area contributed by atoms with Gasteiger partial charge in [-0.05, 0) is 43.0 Å². The van der Waals surface area contributed by atoms with Crippen LogP contribution in [-0.2, 0) is 17.8 Å². The van der Waals surface area contributed by atoms with E-state index in [-0.39, 0.29) is 36.4 Å². The number of hydrogen-bond donors (Lipinski definition) is 2. The van der Waals surface area contributed by atoms with Crippen molar-refractivity contribution >= 4 is 35.8 Å². The fourth-order valence-corrected chi connectivity index (χ4v) is 2.89. The van der Waals surface area contributed by atoms with Gasteiger partial charge in [-0.2, -0.15) is 0 Å². The third-order valence-electron chi connectivity index (χ3n) is 4.63. The molecule has 0 unspecified atom stereocenters. The van der Waals surface area contributed by atoms with Crippen molar-refractivity contribution in [3.63, 3.8) is 0 Å². The zero-order chi connectivity index (χ0) is 22.5. The number of rotatable bonds is 11. The lowest BCUT2D eigenvalue weighted by Gasteiger charge is -2.15. The van der Waals surface area contributed by atoms with Crippen molar-refractivity contribution < 1.29 is 14.3 Å². The SMILES string of the molecule is CCOc1cc(CCCNC(=NCc2ccccc2)NCC(=O)N(C)C)ccc1OC.I. The molecule has 2 aromatic rings. The largest absolute Gasteiger partial charge is 0.493 e. The summed E-state index contributed by atoms with van der Waals surface area (Å²) in [5.41, 5.74) is 2.30. The van der Waals surface area contributed by atoms with Crippen molar-refractivity contribution in [3.05, 3.63) is 59.7 Å². The molecule has 0 bridgehead atoms. The van der Waals surface area contributed by atoms with Gasteiger partial charge in [0, 0.05) is 20.6 Å². The minimum absolute atomic E-state index is 0. The number of halogens is 1. The molecule has 2 aromatic carbocycles. The van der Waals surface area contributed by atoms with Gasteiger partial charge in [0.1, 0.15) is 0 Å². The third-order valence-corrected chi connectivity index (χ3v) is 4.63. The van der Waals surface area contributed by atoms with Crippen molar-refractivity contribution in [2.24, 2.45) is 4.99 Å². The number of amides is 1. The van der Waals surface area contributed by atoms with E-state index in [1.807, 2.05) is 49.4 Å². The number of likely N-dealkylation sites (N-methyl/N-ethyl adjacent to an activating group) is 1. The van der Waals surface area contributed by atoms with E-state index in [4.69, 9.17) is 9.47 Å². The highest BCUT2D eigenvalue weighted by Crippen LogP contribution is 2.28. The lowest BCUT2D eigenvalue weighted by atomic mass is 10.1. The van der Waals surface area contributed by atoms with E-state index in [1.54, 1.807) is 26.1 Å². The van der Waals surface area contributed by atoms with Crippen LogP contribution in [-0.4, -0.2) is 57.7 Å². The lowest BCUT2D eigenvalue weighted by Crippen LogP contribution is -2.43. The number of hydrogen-bond acceptors (Lipinski definition) is 4. The quantitative estimate of drug-likeness (QED) is 0.193. The van der Waals surface area contributed by atoms with Gasteiger partial charge in [0.2, 0.25) is 5.91 Å². The molecule has 0 radical (unpaired) electrons. The molecular weight excluding hydrogens is 519 g/mol. The van der Waals surface area contributed by atoms with Crippen LogP contribution < -0.4 is 20.1 Å². The Morgan fingerprint density at radius 3 is 2.44 bits per heavy atom. The van der Waals surface area contributed by atoms with Crippen molar-refractivity contribution in [1.82, 2.24) is 15.5 Å². The molecule has 0 saturated heterocycles. The van der Waals surface area contributed by atoms with E-state index in [1.165, 1.54) is 5.56 Å². The van der Waals surface area contributed by atoms with E-state index in [0.29, 0.717) is 19.1 Å². The summed E-state index contributed by atoms with van der Waals surface area (Å²) < 4.78 is 11.0. The smallest absolute Gasteiger partial charge is 0.241 e. The zero-order valence-electron chi connectivity index (χ0n) is 19.4. The average Bonchev–Trinajstić information content (AvgIpc) is 2.78. The van der Waals surface area contributed by atoms with Crippen LogP contribution in [0, 0.1) is 0 Å². The first-order valence-corrected chi connectivity index (χ1v) is 10.6. The van der Waals surface area contributed by atoms with Crippen molar-refractivity contribution in [3.8, 4) is 11.5 Å². The molecule has 0 spiro atoms. The van der Waals surface area contributed by atoms with Crippen LogP contribution >= 0.6 is 24.0 Å². The first-order chi connectivity index (χ1) is 15.0. The summed E-state index contributed by atoms with van der Waals surface area (Å²) in [6.07, 6.45) is 1.80. The molecule has 0 aliphatic carbocycles. The van der Waals surface area contributed by atoms with Gasteiger partial charge in [0.25, 0.3) is 0 Å². The van der Waals surface area contributed by atoms with Crippen LogP contribution in [0.25, 0.3) is 0 Å². The minimum Gasteiger partial charge on any atom is -0.493 e. The van der Waals surface area contributed by atoms with Crippen LogP contribution in [0.4, 0.5) is 0 Å². The van der Waals surface area contributed by atoms with Crippen LogP contribution in [0.15, 0.2) is 53.5 Å². The van der Waals surface area contributed by atoms with Crippen molar-refractivity contribution in [2.45, 2.75) is 26.3 Å². The maximum atomic E-state index is 11.9. The fraction of sp³-hybridized carbons (Fsp3) is 0.417. The number of carbonyl (C=O) groups is 1. The van der Waals surface area contributed by atoms with Gasteiger partial charge in [0.15, 0.2) is 17.5 Å². The number of guanidine groups is 1. The van der Waals surface area contributed by atoms with Gasteiger partial charge >= 0.3 is 0 Å². The molecule has 32 heavy (non-hydrogen) atoms. The summed E-state index contributed by atoms with van der Waals surface area (Å²) in [6.45, 7) is 4.03. The molecule has 8 heteroatoms. The summed E-state index contributed by atoms with van der Waals surface area (Å²) in [6, 6.07) is 16.1. The van der Waals surface area contributed by atoms with E-state index < -0.39 is 0 Å². The second-order valence-corrected chi connectivity index (χ2v) is 7.24. The molecule has 7 nitrogen and oxygen atoms in total. The molecule has 1 amide bonds. The second-order valence-electron chi connectivity index (χ2n) is 7.24. The van der Waals surface area contributed by atoms with E-state index in [0.717, 1.165) is 36.4 Å². The fourth-order valence-electron chi connectivity index (χ4n) is 2.89. The highest BCUT2D eigenvalue weighted by atomic mass is 127. The summed E-state index contributed by atoms with van der Waals surface area (Å²) in [5, 5.41) is 6.45. The second kappa shape index (κ2) is 15.3. The van der Waals surface area contributed by atoms with Crippen molar-refractivity contribution in [1.29, 1.82) is 0 Å². The van der Waals surface area contributed by atoms with Gasteiger partial charge in [0.05, 0.1) is 26.8 Å². The zero-order valence-corrected chi connectivity index (χ0v) is 21.7. The predicted molar refractivity (Wildman–Crippen MR) is 140 cm³/mol. The summed E-state index contributed by atoms with van der Waals surface area (Å²) >= 11 is 0. The number of nitrogens with one attached hydrogen (secondary N) is 2. The molecule has 2 N–H and O–H groups in total. The highest BCUT2D eigenvalue weighted by molar-refractivity contribution is 14.0. The number of benzene rings is 2. The highest BCUT2D eigenvalue weighted by Gasteiger charge is 2.07. The average molecular weight is 554 g/mol. The Balaban J connectivity index is 0.00000512. The van der Waals surface area contributed by atoms with Gasteiger partial charge in [-0.3, -0.25) is 4.79 Å². The standard InChI is InChI=1S/C24H34N4O3.HI/c1-5-31-22-16-19(13-14-21(22)30-4)12-9-15-25-24(27-18-23(29)28(2)3)26-17-20-10-7-6-8-11-20;/h6-8,10-11,13-14,16H,5,9,12,15,17-18H2,1-4H3,(H2,25,26,27);1H. The maximum Gasteiger partial charge on any atom is 0.241 e. The molecule has 0 aliphatic heterocycles. The molecule has 0 atom stereocenters. The van der Waals surface area contributed by atoms with Crippen LogP contribution in [0.3, 0.4) is 0 Å². The van der Waals surface area contributed by atoms with E-state index >= 15 is 0 Å². The van der Waals surface area contributed by atoms with Crippen molar-refractivity contribution in [2.75, 3.05) is 40.9 Å². The number of ether oxygens (including phenoxy) is 2. The Bertz CT molecular complexity index is 844. The number of methoxy groups -OCH3 is 1. The summed E-state index contributed by atoms with van der Waals surface area (Å²) in [7, 11) is 5.12. The van der Waals surface area contributed by atoms with Crippen LogP contribution in [0.2, 0.25) is 0 Å². The normalized spacial score (nSPS) is 10.7. The molecule has 0 fully saturated rings. The number of carbonyl (C=O) groups excluding carboxylic acids is 1. The molecule has 0 heterocycles. The minimum atomic E-state index is -0.00380. The Hall–Kier alpha value is -2.49. The first kappa shape index (κ1) is 27.5. The predicted octanol–water partition coefficient (Wildman–Crippen LogP) is 3.47. The van der Waals surface area contributed by atoms with Gasteiger partial charge in [-0.1, -0.05) is 36.4 Å². The molecule has 176 valence electrons. The molecule has 0 saturated carbocycles. The molecule has 2 rings (SSSR count). The van der Waals surface area contributed by atoms with Crippen LogP contribution in [0.5, 0.6) is 11.5 Å². The Morgan fingerprint density at radius 1 is 1.03 bits per heavy atom. The number of nitrogens with zero attached hydrogens (tertiary/aromatic N) is 2. The number of aryl methyl sites for hydroxylation is 1. The molecule has 0 aromatic heterocycles. The summed E-state index contributed by atoms with van der Waals surface area (Å²) in [5.74, 6) is 2.14. The van der Waals surface area contributed by atoms with Crippen LogP contribution in [0.1, 0.15) is 24.5 Å². The Morgan fingerprint density at radius 2 is 1.78 bits per heavy atom.